The van der Waals surface area contributed by atoms with Gasteiger partial charge in [0.15, 0.2) is 0 Å². The molecule has 2 saturated heterocycles. The molecule has 0 amide bonds. The summed E-state index contributed by atoms with van der Waals surface area (Å²) < 4.78 is 0. The van der Waals surface area contributed by atoms with Crippen LogP contribution in [0.2, 0.25) is 21.1 Å². The van der Waals surface area contributed by atoms with Crippen molar-refractivity contribution in [3.05, 3.63) is 0 Å². The molecule has 2 aliphatic heterocycles. The molecule has 0 atom stereocenters. The minimum absolute atomic E-state index is 0.171. The molecule has 0 N–H and O–H groups in total. The highest BCUT2D eigenvalue weighted by Gasteiger charge is 2.07. The first-order valence-electron chi connectivity index (χ1n) is 13.7. The molecule has 180 valence electrons. The van der Waals surface area contributed by atoms with Crippen molar-refractivity contribution in [3.63, 3.8) is 0 Å². The molecule has 0 spiro atoms. The van der Waals surface area contributed by atoms with Crippen LogP contribution in [0.5, 0.6) is 0 Å². The van der Waals surface area contributed by atoms with Crippen molar-refractivity contribution < 1.29 is 0 Å². The Morgan fingerprint density at radius 3 is 0.900 bits per heavy atom. The first-order valence-corrected chi connectivity index (χ1v) is 17.0. The predicted octanol–water partition coefficient (Wildman–Crippen LogP) is 7.92. The van der Waals surface area contributed by atoms with E-state index >= 15 is 0 Å². The van der Waals surface area contributed by atoms with E-state index in [2.05, 4.69) is 81.5 Å². The molecule has 0 bridgehead atoms. The second-order valence-corrected chi connectivity index (χ2v) is 13.5. The summed E-state index contributed by atoms with van der Waals surface area (Å²) >= 11 is 2.41. The average molecular weight is 455 g/mol. The minimum Gasteiger partial charge on any atom is -0.304 e. The fraction of sp³-hybridized carbons (Fsp3) is 1.00. The van der Waals surface area contributed by atoms with Gasteiger partial charge in [-0.05, 0) is 65.0 Å². The number of rotatable bonds is 6. The van der Waals surface area contributed by atoms with Gasteiger partial charge in [0.05, 0.1) is 0 Å². The SMILES string of the molecule is CCCC.CCN1CCCCC1.CCN1CCCCC1.C[CH2][Al].C[CH2][Al]([CH2]C)[CH2]C. The molecule has 2 rings (SSSR count). The molecule has 0 aromatic heterocycles. The van der Waals surface area contributed by atoms with Gasteiger partial charge in [0.2, 0.25) is 0 Å². The van der Waals surface area contributed by atoms with E-state index in [9.17, 15) is 0 Å². The van der Waals surface area contributed by atoms with Crippen LogP contribution in [0, 0.1) is 0 Å². The van der Waals surface area contributed by atoms with Crippen molar-refractivity contribution in [2.75, 3.05) is 39.3 Å². The van der Waals surface area contributed by atoms with Gasteiger partial charge in [0, 0.05) is 0 Å². The Bertz CT molecular complexity index is 236. The number of likely N-dealkylation sites (tertiary alicyclic amines) is 2. The Labute approximate surface area is 206 Å². The number of hydrogen-bond donors (Lipinski definition) is 0. The van der Waals surface area contributed by atoms with Crippen molar-refractivity contribution in [1.82, 2.24) is 9.80 Å². The summed E-state index contributed by atoms with van der Waals surface area (Å²) in [6.07, 6.45) is 11.2. The average Bonchev–Trinajstić information content (AvgIpc) is 2.83. The van der Waals surface area contributed by atoms with Crippen LogP contribution in [0.15, 0.2) is 0 Å². The summed E-state index contributed by atoms with van der Waals surface area (Å²) in [6.45, 7) is 25.8. The second kappa shape index (κ2) is 32.2. The summed E-state index contributed by atoms with van der Waals surface area (Å²) in [5.41, 5.74) is 0. The van der Waals surface area contributed by atoms with Crippen LogP contribution >= 0.6 is 0 Å². The van der Waals surface area contributed by atoms with Crippen LogP contribution in [-0.4, -0.2) is 79.5 Å². The molecule has 2 heterocycles. The lowest BCUT2D eigenvalue weighted by molar-refractivity contribution is 0.240. The normalized spacial score (nSPS) is 16.3. The fourth-order valence-corrected chi connectivity index (χ4v) is 5.15. The van der Waals surface area contributed by atoms with Crippen molar-refractivity contribution in [2.45, 2.75) is 128 Å². The van der Waals surface area contributed by atoms with E-state index in [1.54, 1.807) is 0 Å². The maximum atomic E-state index is 2.58. The van der Waals surface area contributed by atoms with E-state index in [1.165, 1.54) is 112 Å². The zero-order valence-electron chi connectivity index (χ0n) is 22.8. The van der Waals surface area contributed by atoms with Gasteiger partial charge < -0.3 is 9.80 Å². The van der Waals surface area contributed by atoms with E-state index in [0.717, 1.165) is 0 Å². The molecule has 0 aromatic carbocycles. The number of hydrogen-bond acceptors (Lipinski definition) is 2. The summed E-state index contributed by atoms with van der Waals surface area (Å²) in [7, 11) is 0. The Balaban J connectivity index is -0.000000318. The van der Waals surface area contributed by atoms with Crippen LogP contribution in [0.1, 0.15) is 107 Å². The van der Waals surface area contributed by atoms with E-state index in [1.807, 2.05) is 0 Å². The third kappa shape index (κ3) is 29.0. The third-order valence-electron chi connectivity index (χ3n) is 6.02. The van der Waals surface area contributed by atoms with Gasteiger partial charge >= 0.3 is 0 Å². The summed E-state index contributed by atoms with van der Waals surface area (Å²) in [5, 5.41) is 5.65. The van der Waals surface area contributed by atoms with Crippen LogP contribution in [0.4, 0.5) is 0 Å². The highest BCUT2D eigenvalue weighted by molar-refractivity contribution is 6.58. The predicted molar refractivity (Wildman–Crippen MR) is 146 cm³/mol. The first-order chi connectivity index (χ1) is 14.5. The molecule has 4 heteroatoms. The smallest absolute Gasteiger partial charge is 0.261 e. The monoisotopic (exact) mass is 454 g/mol. The van der Waals surface area contributed by atoms with Gasteiger partial charge in [0.25, 0.3) is 14.1 Å². The second-order valence-electron chi connectivity index (χ2n) is 8.49. The van der Waals surface area contributed by atoms with Gasteiger partial charge in [-0.3, -0.25) is 0 Å². The van der Waals surface area contributed by atoms with Crippen molar-refractivity contribution in [1.29, 1.82) is 0 Å². The Kier molecular flexibility index (Phi) is 38.1. The molecular weight excluding hydrogens is 394 g/mol. The largest absolute Gasteiger partial charge is 0.304 e. The fourth-order valence-electron chi connectivity index (χ4n) is 3.42. The highest BCUT2D eigenvalue weighted by Crippen LogP contribution is 2.07. The molecule has 2 fully saturated rings. The Morgan fingerprint density at radius 2 is 0.800 bits per heavy atom. The van der Waals surface area contributed by atoms with Gasteiger partial charge in [-0.15, -0.1) is 5.28 Å². The summed E-state index contributed by atoms with van der Waals surface area (Å²) in [6, 6.07) is 0. The number of unbranched alkanes of at least 4 members (excludes halogenated alkanes) is 1. The van der Waals surface area contributed by atoms with Crippen LogP contribution < -0.4 is 0 Å². The molecule has 0 aromatic rings. The van der Waals surface area contributed by atoms with E-state index in [-0.39, 0.29) is 14.1 Å². The zero-order chi connectivity index (χ0) is 23.5. The van der Waals surface area contributed by atoms with Crippen LogP contribution in [0.25, 0.3) is 0 Å². The van der Waals surface area contributed by atoms with Crippen LogP contribution in [0.3, 0.4) is 0 Å². The van der Waals surface area contributed by atoms with Crippen LogP contribution in [-0.2, 0) is 0 Å². The van der Waals surface area contributed by atoms with Gasteiger partial charge in [0.1, 0.15) is 16.3 Å². The number of nitrogens with zero attached hydrogens (tertiary/aromatic N) is 2. The minimum atomic E-state index is -0.171. The van der Waals surface area contributed by atoms with Gasteiger partial charge in [-0.1, -0.05) is 96.9 Å². The molecule has 0 unspecified atom stereocenters. The maximum absolute atomic E-state index is 2.58. The lowest BCUT2D eigenvalue weighted by Gasteiger charge is -2.24. The van der Waals surface area contributed by atoms with E-state index < -0.39 is 0 Å². The Morgan fingerprint density at radius 1 is 0.533 bits per heavy atom. The lowest BCUT2D eigenvalue weighted by Crippen LogP contribution is -2.29. The highest BCUT2D eigenvalue weighted by atomic mass is 27.2. The zero-order valence-corrected chi connectivity index (χ0v) is 25.1. The van der Waals surface area contributed by atoms with Crippen molar-refractivity contribution in [2.24, 2.45) is 0 Å². The molecule has 30 heavy (non-hydrogen) atoms. The quantitative estimate of drug-likeness (QED) is 0.376. The topological polar surface area (TPSA) is 6.48 Å². The lowest BCUT2D eigenvalue weighted by atomic mass is 10.1. The van der Waals surface area contributed by atoms with Crippen molar-refractivity contribution >= 4 is 30.4 Å². The summed E-state index contributed by atoms with van der Waals surface area (Å²) in [5.74, 6) is 0. The maximum Gasteiger partial charge on any atom is 0.261 e. The molecule has 2 aliphatic rings. The molecule has 0 aliphatic carbocycles. The Hall–Kier alpha value is 0.985. The third-order valence-corrected chi connectivity index (χ3v) is 9.49. The molecule has 2 nitrogen and oxygen atoms in total. The van der Waals surface area contributed by atoms with E-state index in [4.69, 9.17) is 0 Å². The van der Waals surface area contributed by atoms with Gasteiger partial charge in [-0.25, -0.2) is 0 Å². The standard InChI is InChI=1S/2C7H15N.C4H10.4C2H5.2Al/c2*1-2-8-6-4-3-5-7-8;1-3-4-2;4*1-2;;/h2*2-7H2,1H3;3-4H2,1-2H3;4*1H2,2H3;;. The number of piperidine rings is 2. The first kappa shape index (κ1) is 35.6. The summed E-state index contributed by atoms with van der Waals surface area (Å²) in [4.78, 5) is 5.03. The van der Waals surface area contributed by atoms with E-state index in [0.29, 0.717) is 0 Å². The molecule has 2 radical (unpaired) electrons. The molecule has 0 saturated carbocycles. The van der Waals surface area contributed by atoms with Gasteiger partial charge in [-0.2, -0.15) is 0 Å². The molecular formula is C26H60Al2N2. The van der Waals surface area contributed by atoms with Crippen molar-refractivity contribution in [3.8, 4) is 0 Å².